The average Bonchev–Trinajstić information content (AvgIpc) is 3.23. The minimum absolute atomic E-state index is 0.0709. The molecule has 0 aliphatic carbocycles. The highest BCUT2D eigenvalue weighted by Crippen LogP contribution is 2.33. The summed E-state index contributed by atoms with van der Waals surface area (Å²) in [6, 6.07) is 9.65. The molecule has 2 atom stereocenters. The number of ether oxygens (including phenoxy) is 1. The lowest BCUT2D eigenvalue weighted by molar-refractivity contribution is -0.385. The van der Waals surface area contributed by atoms with E-state index in [1.165, 1.54) is 18.1 Å². The number of piperidine rings is 2. The monoisotopic (exact) mass is 502 g/mol. The van der Waals surface area contributed by atoms with Crippen molar-refractivity contribution in [1.82, 2.24) is 10.2 Å². The zero-order chi connectivity index (χ0) is 26.1. The van der Waals surface area contributed by atoms with Crippen molar-refractivity contribution < 1.29 is 24.0 Å². The molecule has 0 bridgehead atoms. The van der Waals surface area contributed by atoms with Crippen LogP contribution >= 0.6 is 0 Å². The first-order chi connectivity index (χ1) is 17.9. The van der Waals surface area contributed by atoms with Crippen molar-refractivity contribution in [2.75, 3.05) is 25.1 Å². The minimum atomic E-state index is -0.663. The number of benzene rings is 2. The number of nitro groups is 1. The van der Waals surface area contributed by atoms with Gasteiger partial charge in [0.05, 0.1) is 12.0 Å². The van der Waals surface area contributed by atoms with Gasteiger partial charge in [-0.05, 0) is 43.0 Å². The standard InChI is InChI=1S/C27H26N4O6/c1-37-24-14-19(9-10-22(24)31(35)36)29-13-3-4-17(15-29)7-8-18-5-2-6-20-21(18)16-30(27(20)34)23-11-12-25(32)28-26(23)33/h2,5-6,9-10,14,17,23H,3-4,11-13,15-16H2,1H3,(H,28,32,33)/t17-,23?/m1/s1. The number of hydrogen-bond acceptors (Lipinski definition) is 7. The van der Waals surface area contributed by atoms with Crippen molar-refractivity contribution in [3.05, 3.63) is 63.2 Å². The Kier molecular flexibility index (Phi) is 6.53. The Balaban J connectivity index is 1.33. The van der Waals surface area contributed by atoms with Gasteiger partial charge >= 0.3 is 5.69 Å². The van der Waals surface area contributed by atoms with Crippen molar-refractivity contribution in [3.63, 3.8) is 0 Å². The molecule has 10 heteroatoms. The first-order valence-electron chi connectivity index (χ1n) is 12.2. The van der Waals surface area contributed by atoms with Gasteiger partial charge in [-0.15, -0.1) is 0 Å². The predicted molar refractivity (Wildman–Crippen MR) is 134 cm³/mol. The molecule has 10 nitrogen and oxygen atoms in total. The van der Waals surface area contributed by atoms with E-state index in [-0.39, 0.29) is 42.1 Å². The number of carbonyl (C=O) groups is 3. The first kappa shape index (κ1) is 24.3. The van der Waals surface area contributed by atoms with Crippen LogP contribution in [0.25, 0.3) is 0 Å². The van der Waals surface area contributed by atoms with Gasteiger partial charge in [-0.1, -0.05) is 17.9 Å². The number of carbonyl (C=O) groups excluding carboxylic acids is 3. The van der Waals surface area contributed by atoms with Crippen LogP contribution in [0, 0.1) is 27.9 Å². The van der Waals surface area contributed by atoms with Gasteiger partial charge in [0.2, 0.25) is 11.8 Å². The SMILES string of the molecule is COc1cc(N2CCC[C@H](C#Cc3cccc4c3CN(C3CCC(=O)NC3=O)C4=O)C2)ccc1[N+](=O)[O-]. The van der Waals surface area contributed by atoms with Gasteiger partial charge in [-0.3, -0.25) is 29.8 Å². The Morgan fingerprint density at radius 3 is 2.76 bits per heavy atom. The number of fused-ring (bicyclic) bond motifs is 1. The lowest BCUT2D eigenvalue weighted by Crippen LogP contribution is -2.52. The highest BCUT2D eigenvalue weighted by Gasteiger charge is 2.39. The fourth-order valence-corrected chi connectivity index (χ4v) is 5.23. The minimum Gasteiger partial charge on any atom is -0.490 e. The normalized spacial score (nSPS) is 21.2. The third kappa shape index (κ3) is 4.72. The van der Waals surface area contributed by atoms with Gasteiger partial charge in [0.25, 0.3) is 5.91 Å². The van der Waals surface area contributed by atoms with E-state index in [2.05, 4.69) is 22.1 Å². The second-order valence-electron chi connectivity index (χ2n) is 9.40. The van der Waals surface area contributed by atoms with Crippen LogP contribution < -0.4 is 15.0 Å². The number of nitrogens with one attached hydrogen (secondary N) is 1. The molecule has 0 spiro atoms. The molecule has 0 aromatic heterocycles. The van der Waals surface area contributed by atoms with Crippen molar-refractivity contribution in [2.24, 2.45) is 5.92 Å². The second kappa shape index (κ2) is 9.93. The topological polar surface area (TPSA) is 122 Å². The van der Waals surface area contributed by atoms with E-state index in [1.807, 2.05) is 6.07 Å². The van der Waals surface area contributed by atoms with Crippen molar-refractivity contribution in [1.29, 1.82) is 0 Å². The third-order valence-electron chi connectivity index (χ3n) is 7.14. The summed E-state index contributed by atoms with van der Waals surface area (Å²) in [5, 5.41) is 13.5. The molecule has 3 heterocycles. The van der Waals surface area contributed by atoms with Crippen LogP contribution in [0.5, 0.6) is 5.75 Å². The van der Waals surface area contributed by atoms with Crippen molar-refractivity contribution >= 4 is 29.1 Å². The molecule has 0 radical (unpaired) electrons. The van der Waals surface area contributed by atoms with Gasteiger partial charge < -0.3 is 14.5 Å². The molecule has 190 valence electrons. The smallest absolute Gasteiger partial charge is 0.311 e. The molecule has 3 aliphatic rings. The van der Waals surface area contributed by atoms with Gasteiger partial charge in [0.1, 0.15) is 6.04 Å². The summed E-state index contributed by atoms with van der Waals surface area (Å²) >= 11 is 0. The lowest BCUT2D eigenvalue weighted by Gasteiger charge is -2.32. The van der Waals surface area contributed by atoms with E-state index in [0.29, 0.717) is 18.5 Å². The molecule has 37 heavy (non-hydrogen) atoms. The van der Waals surface area contributed by atoms with Gasteiger partial charge in [-0.2, -0.15) is 0 Å². The number of amides is 3. The average molecular weight is 503 g/mol. The van der Waals surface area contributed by atoms with Crippen LogP contribution in [0.2, 0.25) is 0 Å². The number of anilines is 1. The molecule has 1 unspecified atom stereocenters. The van der Waals surface area contributed by atoms with Crippen LogP contribution in [-0.2, 0) is 16.1 Å². The van der Waals surface area contributed by atoms with Crippen molar-refractivity contribution in [2.45, 2.75) is 38.3 Å². The molecule has 2 saturated heterocycles. The first-order valence-corrected chi connectivity index (χ1v) is 12.2. The Hall–Kier alpha value is -4.39. The summed E-state index contributed by atoms with van der Waals surface area (Å²) in [6.45, 7) is 1.77. The summed E-state index contributed by atoms with van der Waals surface area (Å²) in [4.78, 5) is 51.4. The molecule has 1 N–H and O–H groups in total. The molecular formula is C27H26N4O6. The molecule has 2 fully saturated rings. The maximum atomic E-state index is 13.1. The quantitative estimate of drug-likeness (QED) is 0.295. The summed E-state index contributed by atoms with van der Waals surface area (Å²) in [7, 11) is 1.42. The maximum Gasteiger partial charge on any atom is 0.311 e. The van der Waals surface area contributed by atoms with Crippen LogP contribution in [0.1, 0.15) is 47.2 Å². The largest absolute Gasteiger partial charge is 0.490 e. The molecular weight excluding hydrogens is 476 g/mol. The zero-order valence-electron chi connectivity index (χ0n) is 20.4. The van der Waals surface area contributed by atoms with E-state index in [9.17, 15) is 24.5 Å². The fraction of sp³-hybridized carbons (Fsp3) is 0.370. The van der Waals surface area contributed by atoms with Crippen molar-refractivity contribution in [3.8, 4) is 17.6 Å². The molecule has 3 amide bonds. The molecule has 0 saturated carbocycles. The third-order valence-corrected chi connectivity index (χ3v) is 7.14. The van der Waals surface area contributed by atoms with Crippen LogP contribution in [0.15, 0.2) is 36.4 Å². The van der Waals surface area contributed by atoms with Crippen LogP contribution in [0.4, 0.5) is 11.4 Å². The predicted octanol–water partition coefficient (Wildman–Crippen LogP) is 2.63. The van der Waals surface area contributed by atoms with E-state index >= 15 is 0 Å². The number of nitrogens with zero attached hydrogens (tertiary/aromatic N) is 3. The van der Waals surface area contributed by atoms with Crippen LogP contribution in [0.3, 0.4) is 0 Å². The highest BCUT2D eigenvalue weighted by atomic mass is 16.6. The second-order valence-corrected chi connectivity index (χ2v) is 9.40. The highest BCUT2D eigenvalue weighted by molar-refractivity contribution is 6.05. The molecule has 2 aromatic carbocycles. The Morgan fingerprint density at radius 2 is 2.00 bits per heavy atom. The number of hydrogen-bond donors (Lipinski definition) is 1. The Morgan fingerprint density at radius 1 is 1.16 bits per heavy atom. The summed E-state index contributed by atoms with van der Waals surface area (Å²) < 4.78 is 5.22. The Labute approximate surface area is 213 Å². The number of methoxy groups -OCH3 is 1. The zero-order valence-corrected chi connectivity index (χ0v) is 20.4. The van der Waals surface area contributed by atoms with E-state index in [4.69, 9.17) is 4.74 Å². The maximum absolute atomic E-state index is 13.1. The van der Waals surface area contributed by atoms with Gasteiger partial charge in [0, 0.05) is 60.9 Å². The number of nitro benzene ring substituents is 1. The van der Waals surface area contributed by atoms with E-state index < -0.39 is 16.9 Å². The van der Waals surface area contributed by atoms with E-state index in [0.717, 1.165) is 36.2 Å². The Bertz CT molecular complexity index is 1360. The summed E-state index contributed by atoms with van der Waals surface area (Å²) in [5.41, 5.74) is 2.88. The fourth-order valence-electron chi connectivity index (χ4n) is 5.23. The number of rotatable bonds is 4. The molecule has 3 aliphatic heterocycles. The van der Waals surface area contributed by atoms with E-state index in [1.54, 1.807) is 24.3 Å². The summed E-state index contributed by atoms with van der Waals surface area (Å²) in [6.07, 6.45) is 2.37. The summed E-state index contributed by atoms with van der Waals surface area (Å²) in [5.74, 6) is 5.97. The van der Waals surface area contributed by atoms with Gasteiger partial charge in [0.15, 0.2) is 5.75 Å². The number of imide groups is 1. The lowest BCUT2D eigenvalue weighted by atomic mass is 9.96. The molecule has 2 aromatic rings. The molecule has 5 rings (SSSR count). The van der Waals surface area contributed by atoms with Gasteiger partial charge in [-0.25, -0.2) is 0 Å². The van der Waals surface area contributed by atoms with Crippen LogP contribution in [-0.4, -0.2) is 53.8 Å².